The Hall–Kier alpha value is -2.53. The van der Waals surface area contributed by atoms with Gasteiger partial charge < -0.3 is 25.0 Å². The fourth-order valence-corrected chi connectivity index (χ4v) is 5.41. The van der Waals surface area contributed by atoms with E-state index in [1.165, 1.54) is 11.3 Å². The number of hydrogen-bond acceptors (Lipinski definition) is 8. The summed E-state index contributed by atoms with van der Waals surface area (Å²) in [6, 6.07) is 5.67. The Kier molecular flexibility index (Phi) is 9.17. The van der Waals surface area contributed by atoms with E-state index in [0.717, 1.165) is 49.7 Å². The largest absolute Gasteiger partial charge is 0.378 e. The van der Waals surface area contributed by atoms with Crippen LogP contribution in [-0.4, -0.2) is 79.8 Å². The number of hydrogen-bond donors (Lipinski definition) is 2. The first-order chi connectivity index (χ1) is 17.8. The van der Waals surface area contributed by atoms with Crippen LogP contribution in [0, 0.1) is 0 Å². The van der Waals surface area contributed by atoms with Crippen molar-refractivity contribution in [1.29, 1.82) is 0 Å². The topological polar surface area (TPSA) is 96.0 Å². The molecule has 2 fully saturated rings. The van der Waals surface area contributed by atoms with Gasteiger partial charge in [0.25, 0.3) is 11.8 Å². The van der Waals surface area contributed by atoms with E-state index in [-0.39, 0.29) is 23.5 Å². The van der Waals surface area contributed by atoms with Gasteiger partial charge in [-0.1, -0.05) is 13.0 Å². The summed E-state index contributed by atoms with van der Waals surface area (Å²) < 4.78 is 11.4. The molecule has 2 aliphatic rings. The zero-order valence-corrected chi connectivity index (χ0v) is 23.2. The van der Waals surface area contributed by atoms with Crippen molar-refractivity contribution in [2.75, 3.05) is 56.7 Å². The molecule has 2 aromatic rings. The van der Waals surface area contributed by atoms with Crippen LogP contribution in [0.4, 0.5) is 10.8 Å². The third-order valence-corrected chi connectivity index (χ3v) is 7.81. The number of benzene rings is 1. The summed E-state index contributed by atoms with van der Waals surface area (Å²) in [5.41, 5.74) is 2.19. The van der Waals surface area contributed by atoms with Gasteiger partial charge in [0.1, 0.15) is 5.69 Å². The van der Waals surface area contributed by atoms with Gasteiger partial charge in [-0.2, -0.15) is 0 Å². The van der Waals surface area contributed by atoms with E-state index in [9.17, 15) is 9.59 Å². The molecule has 3 heterocycles. The Bertz CT molecular complexity index is 1080. The minimum Gasteiger partial charge on any atom is -0.378 e. The molecule has 202 valence electrons. The van der Waals surface area contributed by atoms with Crippen molar-refractivity contribution >= 4 is 34.0 Å². The predicted molar refractivity (Wildman–Crippen MR) is 147 cm³/mol. The summed E-state index contributed by atoms with van der Waals surface area (Å²) in [5, 5.41) is 8.39. The number of morpholine rings is 1. The number of aromatic nitrogens is 1. The van der Waals surface area contributed by atoms with Gasteiger partial charge in [0.2, 0.25) is 0 Å². The Morgan fingerprint density at radius 1 is 1.27 bits per heavy atom. The molecule has 0 spiro atoms. The van der Waals surface area contributed by atoms with E-state index in [2.05, 4.69) is 34.4 Å². The van der Waals surface area contributed by atoms with Crippen LogP contribution in [0.5, 0.6) is 0 Å². The minimum absolute atomic E-state index is 0.0881. The fraction of sp³-hybridized carbons (Fsp3) is 0.593. The quantitative estimate of drug-likeness (QED) is 0.484. The summed E-state index contributed by atoms with van der Waals surface area (Å²) in [7, 11) is 1.97. The SMILES string of the molecule is CCCNC(=O)c1cc(CN2CCOCC2(C)C)ccc1NC(=O)c1csc(N(C)C[C@H]2CCCO2)n1. The summed E-state index contributed by atoms with van der Waals surface area (Å²) >= 11 is 1.43. The zero-order valence-electron chi connectivity index (χ0n) is 22.3. The molecular formula is C27H39N5O4S. The minimum atomic E-state index is -0.334. The highest BCUT2D eigenvalue weighted by Crippen LogP contribution is 2.26. The molecule has 10 heteroatoms. The molecule has 1 aromatic carbocycles. The summed E-state index contributed by atoms with van der Waals surface area (Å²) in [4.78, 5) is 35.1. The van der Waals surface area contributed by atoms with Gasteiger partial charge in [-0.25, -0.2) is 4.98 Å². The lowest BCUT2D eigenvalue weighted by molar-refractivity contribution is -0.0552. The fourth-order valence-electron chi connectivity index (χ4n) is 4.63. The number of nitrogens with zero attached hydrogens (tertiary/aromatic N) is 3. The molecule has 2 aliphatic heterocycles. The molecule has 2 saturated heterocycles. The molecule has 2 amide bonds. The Morgan fingerprint density at radius 2 is 2.11 bits per heavy atom. The van der Waals surface area contributed by atoms with Crippen LogP contribution in [0.3, 0.4) is 0 Å². The van der Waals surface area contributed by atoms with Gasteiger partial charge in [-0.05, 0) is 50.8 Å². The zero-order chi connectivity index (χ0) is 26.4. The number of carbonyl (C=O) groups excluding carboxylic acids is 2. The van der Waals surface area contributed by atoms with Crippen LogP contribution in [0.2, 0.25) is 0 Å². The summed E-state index contributed by atoms with van der Waals surface area (Å²) in [6.07, 6.45) is 3.17. The van der Waals surface area contributed by atoms with Gasteiger partial charge in [-0.15, -0.1) is 11.3 Å². The monoisotopic (exact) mass is 529 g/mol. The van der Waals surface area contributed by atoms with E-state index in [4.69, 9.17) is 9.47 Å². The van der Waals surface area contributed by atoms with Crippen molar-refractivity contribution < 1.29 is 19.1 Å². The molecule has 4 rings (SSSR count). The highest BCUT2D eigenvalue weighted by atomic mass is 32.1. The average molecular weight is 530 g/mol. The Morgan fingerprint density at radius 3 is 2.84 bits per heavy atom. The number of carbonyl (C=O) groups is 2. The number of ether oxygens (including phenoxy) is 2. The molecule has 1 aromatic heterocycles. The smallest absolute Gasteiger partial charge is 0.275 e. The number of rotatable bonds is 10. The second-order valence-corrected chi connectivity index (χ2v) is 11.2. The lowest BCUT2D eigenvalue weighted by Gasteiger charge is -2.42. The number of thiazole rings is 1. The maximum absolute atomic E-state index is 13.1. The van der Waals surface area contributed by atoms with Crippen molar-refractivity contribution in [1.82, 2.24) is 15.2 Å². The van der Waals surface area contributed by atoms with Gasteiger partial charge in [-0.3, -0.25) is 14.5 Å². The summed E-state index contributed by atoms with van der Waals surface area (Å²) in [6.45, 7) is 11.4. The first kappa shape index (κ1) is 27.5. The van der Waals surface area contributed by atoms with Gasteiger partial charge in [0.05, 0.1) is 30.6 Å². The van der Waals surface area contributed by atoms with E-state index in [0.29, 0.717) is 43.2 Å². The van der Waals surface area contributed by atoms with E-state index < -0.39 is 0 Å². The van der Waals surface area contributed by atoms with Crippen molar-refractivity contribution in [3.8, 4) is 0 Å². The molecule has 37 heavy (non-hydrogen) atoms. The van der Waals surface area contributed by atoms with Crippen LogP contribution in [-0.2, 0) is 16.0 Å². The normalized spacial score (nSPS) is 19.5. The highest BCUT2D eigenvalue weighted by Gasteiger charge is 2.30. The molecule has 2 N–H and O–H groups in total. The molecule has 0 aliphatic carbocycles. The third kappa shape index (κ3) is 7.07. The van der Waals surface area contributed by atoms with Crippen molar-refractivity contribution in [2.24, 2.45) is 0 Å². The van der Waals surface area contributed by atoms with Gasteiger partial charge in [0.15, 0.2) is 5.13 Å². The van der Waals surface area contributed by atoms with Crippen molar-refractivity contribution in [2.45, 2.75) is 58.2 Å². The first-order valence-corrected chi connectivity index (χ1v) is 14.0. The van der Waals surface area contributed by atoms with Crippen LogP contribution in [0.15, 0.2) is 23.6 Å². The van der Waals surface area contributed by atoms with E-state index >= 15 is 0 Å². The average Bonchev–Trinajstić information content (AvgIpc) is 3.57. The molecule has 9 nitrogen and oxygen atoms in total. The lowest BCUT2D eigenvalue weighted by atomic mass is 10.00. The number of anilines is 2. The van der Waals surface area contributed by atoms with Crippen LogP contribution in [0.25, 0.3) is 0 Å². The molecule has 0 radical (unpaired) electrons. The van der Waals surface area contributed by atoms with Crippen molar-refractivity contribution in [3.63, 3.8) is 0 Å². The lowest BCUT2D eigenvalue weighted by Crippen LogP contribution is -2.52. The van der Waals surface area contributed by atoms with Crippen LogP contribution < -0.4 is 15.5 Å². The first-order valence-electron chi connectivity index (χ1n) is 13.1. The van der Waals surface area contributed by atoms with Gasteiger partial charge in [0, 0.05) is 50.8 Å². The molecule has 0 unspecified atom stereocenters. The molecular weight excluding hydrogens is 490 g/mol. The Balaban J connectivity index is 1.48. The second kappa shape index (κ2) is 12.3. The summed E-state index contributed by atoms with van der Waals surface area (Å²) in [5.74, 6) is -0.532. The third-order valence-electron chi connectivity index (χ3n) is 6.86. The van der Waals surface area contributed by atoms with Gasteiger partial charge >= 0.3 is 0 Å². The van der Waals surface area contributed by atoms with E-state index in [1.807, 2.05) is 37.1 Å². The molecule has 0 saturated carbocycles. The van der Waals surface area contributed by atoms with E-state index in [1.54, 1.807) is 5.38 Å². The molecule has 1 atom stereocenters. The second-order valence-electron chi connectivity index (χ2n) is 10.4. The standard InChI is InChI=1S/C27H39N5O4S/c1-5-10-28-24(33)21-14-19(15-32-11-13-35-18-27(32,2)3)8-9-22(21)29-25(34)23-17-37-26(30-23)31(4)16-20-7-6-12-36-20/h8-9,14,17,20H,5-7,10-13,15-16,18H2,1-4H3,(H,28,33)(H,29,34)/t20-/m1/s1. The number of amides is 2. The number of likely N-dealkylation sites (N-methyl/N-ethyl adjacent to an activating group) is 1. The van der Waals surface area contributed by atoms with Crippen molar-refractivity contribution in [3.05, 3.63) is 40.4 Å². The number of nitrogens with one attached hydrogen (secondary N) is 2. The maximum Gasteiger partial charge on any atom is 0.275 e. The molecule has 0 bridgehead atoms. The highest BCUT2D eigenvalue weighted by molar-refractivity contribution is 7.13. The van der Waals surface area contributed by atoms with Crippen LogP contribution >= 0.6 is 11.3 Å². The predicted octanol–water partition coefficient (Wildman–Crippen LogP) is 3.76. The van der Waals surface area contributed by atoms with Crippen LogP contribution in [0.1, 0.15) is 66.4 Å². The Labute approximate surface area is 223 Å². The maximum atomic E-state index is 13.1.